The lowest BCUT2D eigenvalue weighted by Crippen LogP contribution is -2.20. The maximum absolute atomic E-state index is 10.7. The minimum Gasteiger partial charge on any atom is -0.497 e. The SMILES string of the molecule is COc1ccc(C=NNC(=O)CO)c(OC)c1. The molecule has 0 saturated carbocycles. The van der Waals surface area contributed by atoms with Crippen molar-refractivity contribution in [3.63, 3.8) is 0 Å². The average Bonchev–Trinajstić information content (AvgIpc) is 2.38. The van der Waals surface area contributed by atoms with Gasteiger partial charge in [-0.1, -0.05) is 0 Å². The van der Waals surface area contributed by atoms with E-state index < -0.39 is 12.5 Å². The molecule has 0 fully saturated rings. The summed E-state index contributed by atoms with van der Waals surface area (Å²) in [4.78, 5) is 10.7. The summed E-state index contributed by atoms with van der Waals surface area (Å²) in [6.07, 6.45) is 1.42. The molecule has 0 radical (unpaired) electrons. The number of aliphatic hydroxyl groups excluding tert-OH is 1. The van der Waals surface area contributed by atoms with Crippen LogP contribution in [-0.2, 0) is 4.79 Å². The van der Waals surface area contributed by atoms with Crippen LogP contribution in [0.1, 0.15) is 5.56 Å². The molecule has 6 nitrogen and oxygen atoms in total. The van der Waals surface area contributed by atoms with Gasteiger partial charge in [-0.15, -0.1) is 0 Å². The molecular weight excluding hydrogens is 224 g/mol. The molecule has 0 aliphatic heterocycles. The standard InChI is InChI=1S/C11H14N2O4/c1-16-9-4-3-8(10(5-9)17-2)6-12-13-11(15)7-14/h3-6,14H,7H2,1-2H3,(H,13,15). The van der Waals surface area contributed by atoms with E-state index >= 15 is 0 Å². The Morgan fingerprint density at radius 1 is 1.47 bits per heavy atom. The first-order valence-electron chi connectivity index (χ1n) is 4.86. The number of hydrazone groups is 1. The molecule has 0 unspecified atom stereocenters. The number of amides is 1. The third-order valence-corrected chi connectivity index (χ3v) is 1.98. The maximum atomic E-state index is 10.7. The third-order valence-electron chi connectivity index (χ3n) is 1.98. The van der Waals surface area contributed by atoms with Gasteiger partial charge in [0.15, 0.2) is 0 Å². The fourth-order valence-electron chi connectivity index (χ4n) is 1.13. The number of hydrogen-bond acceptors (Lipinski definition) is 5. The number of nitrogens with one attached hydrogen (secondary N) is 1. The summed E-state index contributed by atoms with van der Waals surface area (Å²) in [5.41, 5.74) is 2.84. The number of carbonyl (C=O) groups is 1. The predicted molar refractivity (Wildman–Crippen MR) is 62.4 cm³/mol. The van der Waals surface area contributed by atoms with Gasteiger partial charge in [0.05, 0.1) is 20.4 Å². The summed E-state index contributed by atoms with van der Waals surface area (Å²) in [6.45, 7) is -0.600. The highest BCUT2D eigenvalue weighted by molar-refractivity contribution is 5.85. The third kappa shape index (κ3) is 3.76. The van der Waals surface area contributed by atoms with Gasteiger partial charge >= 0.3 is 0 Å². The highest BCUT2D eigenvalue weighted by atomic mass is 16.5. The molecule has 1 rings (SSSR count). The summed E-state index contributed by atoms with van der Waals surface area (Å²) in [6, 6.07) is 5.19. The summed E-state index contributed by atoms with van der Waals surface area (Å²) in [7, 11) is 3.09. The Bertz CT molecular complexity index is 418. The molecule has 1 amide bonds. The van der Waals surface area contributed by atoms with Crippen LogP contribution in [-0.4, -0.2) is 38.1 Å². The minimum atomic E-state index is -0.600. The van der Waals surface area contributed by atoms with Crippen LogP contribution in [0, 0.1) is 0 Å². The van der Waals surface area contributed by atoms with Gasteiger partial charge in [0, 0.05) is 11.6 Å². The lowest BCUT2D eigenvalue weighted by atomic mass is 10.2. The molecule has 0 saturated heterocycles. The van der Waals surface area contributed by atoms with Crippen LogP contribution in [0.4, 0.5) is 0 Å². The van der Waals surface area contributed by atoms with E-state index in [0.717, 1.165) is 0 Å². The number of rotatable bonds is 5. The van der Waals surface area contributed by atoms with E-state index in [-0.39, 0.29) is 0 Å². The second kappa shape index (κ2) is 6.49. The van der Waals surface area contributed by atoms with Crippen LogP contribution in [0.15, 0.2) is 23.3 Å². The number of ether oxygens (including phenoxy) is 2. The molecule has 0 aliphatic carbocycles. The molecule has 6 heteroatoms. The van der Waals surface area contributed by atoms with E-state index in [1.54, 1.807) is 25.3 Å². The van der Waals surface area contributed by atoms with Crippen molar-refractivity contribution in [3.8, 4) is 11.5 Å². The Kier molecular flexibility index (Phi) is 4.96. The molecule has 1 aromatic carbocycles. The van der Waals surface area contributed by atoms with Gasteiger partial charge < -0.3 is 14.6 Å². The van der Waals surface area contributed by atoms with E-state index in [0.29, 0.717) is 17.1 Å². The number of benzene rings is 1. The van der Waals surface area contributed by atoms with E-state index in [2.05, 4.69) is 10.5 Å². The first-order valence-corrected chi connectivity index (χ1v) is 4.86. The van der Waals surface area contributed by atoms with Gasteiger partial charge in [0.1, 0.15) is 18.1 Å². The summed E-state index contributed by atoms with van der Waals surface area (Å²) in [5.74, 6) is 0.665. The molecule has 2 N–H and O–H groups in total. The Balaban J connectivity index is 2.79. The van der Waals surface area contributed by atoms with Crippen molar-refractivity contribution in [2.24, 2.45) is 5.10 Å². The van der Waals surface area contributed by atoms with Crippen molar-refractivity contribution >= 4 is 12.1 Å². The van der Waals surface area contributed by atoms with Gasteiger partial charge in [-0.3, -0.25) is 4.79 Å². The Morgan fingerprint density at radius 3 is 2.82 bits per heavy atom. The lowest BCUT2D eigenvalue weighted by molar-refractivity contribution is -0.123. The number of methoxy groups -OCH3 is 2. The van der Waals surface area contributed by atoms with Crippen molar-refractivity contribution < 1.29 is 19.4 Å². The van der Waals surface area contributed by atoms with E-state index in [1.807, 2.05) is 0 Å². The number of nitrogens with zero attached hydrogens (tertiary/aromatic N) is 1. The summed E-state index contributed by atoms with van der Waals surface area (Å²) < 4.78 is 10.2. The second-order valence-corrected chi connectivity index (χ2v) is 3.06. The van der Waals surface area contributed by atoms with Crippen LogP contribution in [0.25, 0.3) is 0 Å². The number of hydrogen-bond donors (Lipinski definition) is 2. The van der Waals surface area contributed by atoms with Crippen LogP contribution >= 0.6 is 0 Å². The lowest BCUT2D eigenvalue weighted by Gasteiger charge is -2.06. The second-order valence-electron chi connectivity index (χ2n) is 3.06. The molecule has 0 aromatic heterocycles. The quantitative estimate of drug-likeness (QED) is 0.565. The van der Waals surface area contributed by atoms with Gasteiger partial charge in [-0.2, -0.15) is 5.10 Å². The first-order chi connectivity index (χ1) is 8.21. The zero-order chi connectivity index (χ0) is 12.7. The molecular formula is C11H14N2O4. The fraction of sp³-hybridized carbons (Fsp3) is 0.273. The van der Waals surface area contributed by atoms with Crippen molar-refractivity contribution in [2.75, 3.05) is 20.8 Å². The van der Waals surface area contributed by atoms with Gasteiger partial charge in [-0.05, 0) is 12.1 Å². The molecule has 0 atom stereocenters. The monoisotopic (exact) mass is 238 g/mol. The number of carbonyl (C=O) groups excluding carboxylic acids is 1. The Hall–Kier alpha value is -2.08. The molecule has 17 heavy (non-hydrogen) atoms. The van der Waals surface area contributed by atoms with Crippen molar-refractivity contribution in [2.45, 2.75) is 0 Å². The molecule has 92 valence electrons. The Labute approximate surface area is 98.9 Å². The molecule has 1 aromatic rings. The number of aliphatic hydroxyl groups is 1. The van der Waals surface area contributed by atoms with Crippen LogP contribution in [0.2, 0.25) is 0 Å². The minimum absolute atomic E-state index is 0.575. The van der Waals surface area contributed by atoms with Crippen molar-refractivity contribution in [1.82, 2.24) is 5.43 Å². The average molecular weight is 238 g/mol. The van der Waals surface area contributed by atoms with Gasteiger partial charge in [0.2, 0.25) is 0 Å². The fourth-order valence-corrected chi connectivity index (χ4v) is 1.13. The van der Waals surface area contributed by atoms with Gasteiger partial charge in [0.25, 0.3) is 5.91 Å². The normalized spacial score (nSPS) is 10.3. The summed E-state index contributed by atoms with van der Waals surface area (Å²) in [5, 5.41) is 12.1. The van der Waals surface area contributed by atoms with Gasteiger partial charge in [-0.25, -0.2) is 5.43 Å². The first kappa shape index (κ1) is 13.0. The zero-order valence-electron chi connectivity index (χ0n) is 9.64. The van der Waals surface area contributed by atoms with E-state index in [4.69, 9.17) is 14.6 Å². The highest BCUT2D eigenvalue weighted by Gasteiger charge is 2.02. The molecule has 0 heterocycles. The predicted octanol–water partition coefficient (Wildman–Crippen LogP) is 0.146. The Morgan fingerprint density at radius 2 is 2.24 bits per heavy atom. The molecule has 0 aliphatic rings. The summed E-state index contributed by atoms with van der Waals surface area (Å²) >= 11 is 0. The van der Waals surface area contributed by atoms with Crippen LogP contribution in [0.3, 0.4) is 0 Å². The highest BCUT2D eigenvalue weighted by Crippen LogP contribution is 2.22. The maximum Gasteiger partial charge on any atom is 0.265 e. The topological polar surface area (TPSA) is 80.2 Å². The van der Waals surface area contributed by atoms with E-state index in [1.165, 1.54) is 13.3 Å². The van der Waals surface area contributed by atoms with Crippen molar-refractivity contribution in [1.29, 1.82) is 0 Å². The molecule has 0 bridgehead atoms. The largest absolute Gasteiger partial charge is 0.497 e. The van der Waals surface area contributed by atoms with Crippen molar-refractivity contribution in [3.05, 3.63) is 23.8 Å². The van der Waals surface area contributed by atoms with E-state index in [9.17, 15) is 4.79 Å². The van der Waals surface area contributed by atoms with Crippen LogP contribution in [0.5, 0.6) is 11.5 Å². The zero-order valence-corrected chi connectivity index (χ0v) is 9.64. The van der Waals surface area contributed by atoms with Crippen LogP contribution < -0.4 is 14.9 Å². The molecule has 0 spiro atoms. The smallest absolute Gasteiger partial charge is 0.265 e.